The molecule has 22 N–H and O–H groups in total. The van der Waals surface area contributed by atoms with Gasteiger partial charge in [-0.15, -0.1) is 0 Å². The summed E-state index contributed by atoms with van der Waals surface area (Å²) < 4.78 is 63.2. The third-order valence-electron chi connectivity index (χ3n) is 14.3. The van der Waals surface area contributed by atoms with Gasteiger partial charge in [-0.25, -0.2) is 0 Å². The van der Waals surface area contributed by atoms with Gasteiger partial charge in [-0.05, 0) is 227 Å². The fourth-order valence-corrected chi connectivity index (χ4v) is 8.58. The van der Waals surface area contributed by atoms with E-state index in [4.69, 9.17) is 84.8 Å². The Bertz CT molecular complexity index is 3940. The fraction of sp³-hybridized carbons (Fsp3) is 0.221. The molecule has 0 spiro atoms. The van der Waals surface area contributed by atoms with Crippen molar-refractivity contribution in [2.24, 2.45) is 0 Å². The number of benzene rings is 10. The number of hydrogen-bond acceptors (Lipinski definition) is 21. The molecule has 0 aliphatic carbocycles. The van der Waals surface area contributed by atoms with Gasteiger partial charge < -0.3 is 90.2 Å². The molecule has 0 amide bonds. The zero-order valence-electron chi connectivity index (χ0n) is 60.2. The summed E-state index contributed by atoms with van der Waals surface area (Å²) in [6.45, 7) is 11.7. The van der Waals surface area contributed by atoms with Gasteiger partial charge in [-0.2, -0.15) is 16.8 Å². The van der Waals surface area contributed by atoms with E-state index in [0.29, 0.717) is 19.6 Å². The SMILES string of the molecule is CCCNc1ccc(Nc2ccccc2)cc1.CCN(C)c1ccc(N)cc1.CCN(CCO)c1ccc(N)cc1.CN(CCO)c1ccc(N)cc1.CN(CCO)c1ccc(N)cc1.CN(c1ccccc1)c1ccc(N)cc1.Nc1ccc(Nc2ccccc2)cc1.O=S(=O)(O)O.O=S(=O)(O)O. The summed E-state index contributed by atoms with van der Waals surface area (Å²) in [6.07, 6.45) is 1.14. The van der Waals surface area contributed by atoms with Gasteiger partial charge in [0.1, 0.15) is 0 Å². The van der Waals surface area contributed by atoms with Crippen LogP contribution in [0.5, 0.6) is 0 Å². The third-order valence-corrected chi connectivity index (χ3v) is 14.3. The summed E-state index contributed by atoms with van der Waals surface area (Å²) in [5.41, 5.74) is 50.4. The van der Waals surface area contributed by atoms with Crippen molar-refractivity contribution in [3.63, 3.8) is 0 Å². The predicted molar refractivity (Wildman–Crippen MR) is 437 cm³/mol. The molecule has 0 unspecified atom stereocenters. The summed E-state index contributed by atoms with van der Waals surface area (Å²) in [5.74, 6) is 0. The van der Waals surface area contributed by atoms with Crippen LogP contribution in [0.3, 0.4) is 0 Å². The fourth-order valence-electron chi connectivity index (χ4n) is 8.58. The monoisotopic (exact) mass is 1470 g/mol. The van der Waals surface area contributed by atoms with E-state index in [1.54, 1.807) is 0 Å². The van der Waals surface area contributed by atoms with Crippen LogP contribution in [-0.4, -0.2) is 138 Å². The molecule has 0 aliphatic rings. The molecule has 27 heteroatoms. The molecule has 10 aromatic carbocycles. The number of aliphatic hydroxyl groups is 3. The van der Waals surface area contributed by atoms with Gasteiger partial charge in [0.25, 0.3) is 0 Å². The molecule has 0 bridgehead atoms. The van der Waals surface area contributed by atoms with Crippen molar-refractivity contribution in [2.45, 2.75) is 27.2 Å². The standard InChI is InChI=1S/C15H18N2.C13H14N2.C12H12N2.C10H16N2O.2C9H14N2O.C9H14N2.2H2O4S/c1-2-12-16-13-8-10-15(11-9-13)17-14-6-4-3-5-7-14;1-15(12-5-3-2-4-6-12)13-9-7-11(14)8-10-13;13-10-6-8-12(9-7-10)14-11-4-2-1-3-5-11;1-2-12(7-8-13)10-5-3-9(11)4-6-10;2*1-11(6-7-12)9-4-2-8(10)3-5-9;1-3-11(2)9-6-4-8(10)5-7-9;2*1-5(2,3)4/h3-11,16-17H,2,12H2,1H3;2-10H,14H2,1H3;1-9,14H,13H2;3-6,13H,2,7-8,11H2,1H3;2*2-5,12H,6-7,10H2,1H3;4-7H,3,10H2,1-2H3;2*(H2,1,2,3,4). The largest absolute Gasteiger partial charge is 0.399 e. The van der Waals surface area contributed by atoms with Crippen LogP contribution in [0.25, 0.3) is 0 Å². The zero-order valence-corrected chi connectivity index (χ0v) is 61.8. The van der Waals surface area contributed by atoms with Gasteiger partial charge in [-0.1, -0.05) is 61.5 Å². The van der Waals surface area contributed by atoms with Crippen molar-refractivity contribution < 1.29 is 50.4 Å². The first kappa shape index (κ1) is 89.1. The van der Waals surface area contributed by atoms with Crippen molar-refractivity contribution in [1.29, 1.82) is 0 Å². The smallest absolute Gasteiger partial charge is 0.394 e. The van der Waals surface area contributed by atoms with E-state index >= 15 is 0 Å². The van der Waals surface area contributed by atoms with E-state index < -0.39 is 20.8 Å². The minimum atomic E-state index is -4.67. The summed E-state index contributed by atoms with van der Waals surface area (Å²) >= 11 is 0. The van der Waals surface area contributed by atoms with Crippen LogP contribution in [0.4, 0.5) is 96.7 Å². The number of nitrogens with zero attached hydrogens (tertiary/aromatic N) is 5. The van der Waals surface area contributed by atoms with Crippen molar-refractivity contribution in [2.75, 3.05) is 162 Å². The maximum Gasteiger partial charge on any atom is 0.394 e. The third kappa shape index (κ3) is 42.3. The zero-order chi connectivity index (χ0) is 77.3. The molecule has 104 heavy (non-hydrogen) atoms. The van der Waals surface area contributed by atoms with Crippen LogP contribution < -0.4 is 74.9 Å². The van der Waals surface area contributed by atoms with Crippen molar-refractivity contribution in [3.8, 4) is 0 Å². The number of rotatable bonds is 21. The normalized spacial score (nSPS) is 10.0. The maximum absolute atomic E-state index is 8.82. The Morgan fingerprint density at radius 3 is 0.856 bits per heavy atom. The van der Waals surface area contributed by atoms with E-state index in [2.05, 4.69) is 107 Å². The summed E-state index contributed by atoms with van der Waals surface area (Å²) in [4.78, 5) is 10.3. The molecular formula is C77H106N14O11S2. The average molecular weight is 1470 g/mol. The van der Waals surface area contributed by atoms with Crippen LogP contribution in [0.1, 0.15) is 27.2 Å². The second-order valence-electron chi connectivity index (χ2n) is 22.5. The molecule has 0 aromatic heterocycles. The lowest BCUT2D eigenvalue weighted by Crippen LogP contribution is -2.25. The molecule has 0 radical (unpaired) electrons. The molecule has 25 nitrogen and oxygen atoms in total. The number of para-hydroxylation sites is 3. The van der Waals surface area contributed by atoms with Crippen LogP contribution in [0.15, 0.2) is 261 Å². The number of nitrogens with one attached hydrogen (secondary N) is 3. The Hall–Kier alpha value is -11.0. The first-order chi connectivity index (χ1) is 49.5. The number of likely N-dealkylation sites (N-methyl/N-ethyl adjacent to an activating group) is 3. The van der Waals surface area contributed by atoms with Gasteiger partial charge >= 0.3 is 20.8 Å². The summed E-state index contributed by atoms with van der Waals surface area (Å²) in [5, 5.41) is 36.2. The number of nitrogens with two attached hydrogens (primary N) is 6. The predicted octanol–water partition coefficient (Wildman–Crippen LogP) is 13.2. The van der Waals surface area contributed by atoms with Crippen molar-refractivity contribution >= 4 is 117 Å². The summed E-state index contributed by atoms with van der Waals surface area (Å²) in [6, 6.07) is 85.1. The topological polar surface area (TPSA) is 418 Å². The Labute approximate surface area is 614 Å². The lowest BCUT2D eigenvalue weighted by molar-refractivity contribution is 0.302. The number of hydrogen-bond donors (Lipinski definition) is 16. The second kappa shape index (κ2) is 50.4. The lowest BCUT2D eigenvalue weighted by atomic mass is 10.2. The highest BCUT2D eigenvalue weighted by molar-refractivity contribution is 7.80. The molecule has 10 aromatic rings. The first-order valence-electron chi connectivity index (χ1n) is 33.0. The number of anilines is 17. The van der Waals surface area contributed by atoms with Crippen LogP contribution in [0, 0.1) is 0 Å². The number of nitrogen functional groups attached to an aromatic ring is 6. The molecule has 562 valence electrons. The van der Waals surface area contributed by atoms with E-state index in [1.165, 1.54) is 17.1 Å². The Morgan fingerprint density at radius 2 is 0.558 bits per heavy atom. The number of aliphatic hydroxyl groups excluding tert-OH is 3. The average Bonchev–Trinajstić information content (AvgIpc) is 0.875. The molecule has 0 aliphatic heterocycles. The van der Waals surface area contributed by atoms with E-state index in [0.717, 1.165) is 106 Å². The van der Waals surface area contributed by atoms with Gasteiger partial charge in [0.2, 0.25) is 0 Å². The minimum Gasteiger partial charge on any atom is -0.399 e. The highest BCUT2D eigenvalue weighted by atomic mass is 32.3. The molecule has 0 atom stereocenters. The van der Waals surface area contributed by atoms with Crippen LogP contribution >= 0.6 is 0 Å². The molecular weight excluding hydrogens is 1360 g/mol. The quantitative estimate of drug-likeness (QED) is 0.0235. The van der Waals surface area contributed by atoms with E-state index in [-0.39, 0.29) is 19.8 Å². The van der Waals surface area contributed by atoms with Gasteiger partial charge in [0, 0.05) is 164 Å². The minimum absolute atomic E-state index is 0.168. The van der Waals surface area contributed by atoms with Crippen LogP contribution in [-0.2, 0) is 20.8 Å². The van der Waals surface area contributed by atoms with E-state index in [9.17, 15) is 0 Å². The second-order valence-corrected chi connectivity index (χ2v) is 24.3. The highest BCUT2D eigenvalue weighted by Crippen LogP contribution is 2.25. The molecule has 10 rings (SSSR count). The Morgan fingerprint density at radius 1 is 0.308 bits per heavy atom. The van der Waals surface area contributed by atoms with Crippen LogP contribution in [0.2, 0.25) is 0 Å². The molecule has 0 fully saturated rings. The van der Waals surface area contributed by atoms with Crippen molar-refractivity contribution in [1.82, 2.24) is 0 Å². The van der Waals surface area contributed by atoms with Gasteiger partial charge in [0.05, 0.1) is 19.8 Å². The molecule has 0 heterocycles. The van der Waals surface area contributed by atoms with Gasteiger partial charge in [0.15, 0.2) is 0 Å². The molecule has 0 saturated heterocycles. The maximum atomic E-state index is 8.82. The van der Waals surface area contributed by atoms with Crippen molar-refractivity contribution in [3.05, 3.63) is 261 Å². The van der Waals surface area contributed by atoms with E-state index in [1.807, 2.05) is 243 Å². The first-order valence-corrected chi connectivity index (χ1v) is 35.8. The molecule has 0 saturated carbocycles. The highest BCUT2D eigenvalue weighted by Gasteiger charge is 2.05. The van der Waals surface area contributed by atoms with Gasteiger partial charge in [-0.3, -0.25) is 18.2 Å². The lowest BCUT2D eigenvalue weighted by Gasteiger charge is -2.21. The summed E-state index contributed by atoms with van der Waals surface area (Å²) in [7, 11) is -1.37. The Balaban J connectivity index is 0.000000405. The Kier molecular flexibility index (Phi) is 43.2.